The Morgan fingerprint density at radius 2 is 1.42 bits per heavy atom. The first-order valence-electron chi connectivity index (χ1n) is 9.64. The highest BCUT2D eigenvalue weighted by atomic mass is 19.1. The predicted octanol–water partition coefficient (Wildman–Crippen LogP) is -0.760. The summed E-state index contributed by atoms with van der Waals surface area (Å²) in [5, 5.41) is 0. The van der Waals surface area contributed by atoms with E-state index in [2.05, 4.69) is 0 Å². The summed E-state index contributed by atoms with van der Waals surface area (Å²) in [5.41, 5.74) is -2.74. The van der Waals surface area contributed by atoms with E-state index in [1.54, 1.807) is 0 Å². The summed E-state index contributed by atoms with van der Waals surface area (Å²) in [6, 6.07) is 0. The first kappa shape index (κ1) is 25.7. The van der Waals surface area contributed by atoms with Crippen LogP contribution in [-0.4, -0.2) is 64.5 Å². The van der Waals surface area contributed by atoms with Crippen LogP contribution in [0.4, 0.5) is 4.39 Å². The molecule has 2 heterocycles. The second-order valence-electron chi connectivity index (χ2n) is 7.13. The van der Waals surface area contributed by atoms with Crippen LogP contribution in [0.5, 0.6) is 0 Å². The maximum Gasteiger partial charge on any atom is 0.332 e. The molecule has 14 heteroatoms. The molecule has 1 aromatic heterocycles. The molecule has 0 radical (unpaired) electrons. The lowest BCUT2D eigenvalue weighted by molar-refractivity contribution is -0.270. The highest BCUT2D eigenvalue weighted by Crippen LogP contribution is 2.34. The maximum atomic E-state index is 15.0. The number of hydrogen-bond acceptors (Lipinski definition) is 11. The van der Waals surface area contributed by atoms with Crippen molar-refractivity contribution in [3.05, 3.63) is 32.3 Å². The number of rotatable bonds is 6. The van der Waals surface area contributed by atoms with Gasteiger partial charge in [0.25, 0.3) is 5.56 Å². The molecule has 1 aliphatic heterocycles. The van der Waals surface area contributed by atoms with Gasteiger partial charge in [0, 0.05) is 27.7 Å². The monoisotopic (exact) mass is 474 g/mol. The summed E-state index contributed by atoms with van der Waals surface area (Å²) < 4.78 is 41.5. The zero-order valence-corrected chi connectivity index (χ0v) is 18.4. The van der Waals surface area contributed by atoms with E-state index >= 15 is 4.39 Å². The zero-order chi connectivity index (χ0) is 25.0. The van der Waals surface area contributed by atoms with Crippen molar-refractivity contribution in [1.82, 2.24) is 9.55 Å². The summed E-state index contributed by atoms with van der Waals surface area (Å²) >= 11 is 0. The third-order valence-electron chi connectivity index (χ3n) is 4.52. The van der Waals surface area contributed by atoms with Crippen molar-refractivity contribution in [2.75, 3.05) is 6.61 Å². The lowest BCUT2D eigenvalue weighted by Gasteiger charge is -2.44. The van der Waals surface area contributed by atoms with Gasteiger partial charge in [-0.15, -0.1) is 0 Å². The Hall–Kier alpha value is -3.55. The molecular formula is C19H23FN2O11. The third-order valence-corrected chi connectivity index (χ3v) is 4.52. The molecule has 5 atom stereocenters. The molecule has 1 fully saturated rings. The lowest BCUT2D eigenvalue weighted by Crippen LogP contribution is -2.62. The number of nitrogens with one attached hydrogen (secondary N) is 1. The number of ether oxygens (including phenoxy) is 5. The number of H-pyrrole nitrogens is 1. The van der Waals surface area contributed by atoms with Gasteiger partial charge in [0.15, 0.2) is 24.5 Å². The highest BCUT2D eigenvalue weighted by molar-refractivity contribution is 5.68. The largest absolute Gasteiger partial charge is 0.463 e. The summed E-state index contributed by atoms with van der Waals surface area (Å²) in [6.07, 6.45) is -7.99. The second kappa shape index (κ2) is 10.4. The van der Waals surface area contributed by atoms with Gasteiger partial charge >= 0.3 is 29.6 Å². The zero-order valence-electron chi connectivity index (χ0n) is 18.4. The quantitative estimate of drug-likeness (QED) is 0.312. The van der Waals surface area contributed by atoms with Crippen LogP contribution in [0.1, 0.15) is 39.5 Å². The molecule has 182 valence electrons. The average Bonchev–Trinajstić information content (AvgIpc) is 2.68. The van der Waals surface area contributed by atoms with Crippen molar-refractivity contribution < 1.29 is 47.3 Å². The van der Waals surface area contributed by atoms with Gasteiger partial charge in [0.2, 0.25) is 5.95 Å². The fraction of sp³-hybridized carbons (Fsp3) is 0.579. The number of nitrogens with zero attached hydrogens (tertiary/aromatic N) is 1. The molecule has 1 saturated heterocycles. The lowest BCUT2D eigenvalue weighted by atomic mass is 9.97. The molecule has 13 nitrogen and oxygen atoms in total. The Bertz CT molecular complexity index is 1060. The van der Waals surface area contributed by atoms with E-state index in [4.69, 9.17) is 23.7 Å². The third kappa shape index (κ3) is 6.03. The predicted molar refractivity (Wildman–Crippen MR) is 103 cm³/mol. The van der Waals surface area contributed by atoms with Crippen LogP contribution < -0.4 is 11.2 Å². The molecule has 0 bridgehead atoms. The van der Waals surface area contributed by atoms with Gasteiger partial charge in [-0.05, 0) is 6.92 Å². The Balaban J connectivity index is 2.72. The molecule has 1 N–H and O–H groups in total. The van der Waals surface area contributed by atoms with E-state index in [9.17, 15) is 28.8 Å². The van der Waals surface area contributed by atoms with Crippen LogP contribution in [0.15, 0.2) is 9.59 Å². The Labute approximate surface area is 185 Å². The molecule has 33 heavy (non-hydrogen) atoms. The van der Waals surface area contributed by atoms with E-state index in [1.165, 1.54) is 0 Å². The topological polar surface area (TPSA) is 169 Å². The number of esters is 4. The standard InChI is InChI=1S/C19H23FN2O11/c1-7-16(20)22(19(28)21-17(7)27)18-15(32-11(5)26)14(31-10(4)25)13(30-9(3)24)12(33-18)6-29-8(2)23/h12-15,18H,6H2,1-5H3,(H,21,27,28)/t12-,13+,14+,15+,18-/m0/s1. The Kier molecular flexibility index (Phi) is 8.08. The smallest absolute Gasteiger partial charge is 0.332 e. The molecule has 0 saturated carbocycles. The molecule has 1 aliphatic rings. The summed E-state index contributed by atoms with van der Waals surface area (Å²) in [4.78, 5) is 72.8. The second-order valence-corrected chi connectivity index (χ2v) is 7.13. The highest BCUT2D eigenvalue weighted by Gasteiger charge is 2.53. The minimum absolute atomic E-state index is 0.353. The van der Waals surface area contributed by atoms with Crippen molar-refractivity contribution in [3.63, 3.8) is 0 Å². The normalized spacial score (nSPS) is 24.5. The Morgan fingerprint density at radius 1 is 0.909 bits per heavy atom. The van der Waals surface area contributed by atoms with Gasteiger partial charge in [0.1, 0.15) is 12.7 Å². The minimum Gasteiger partial charge on any atom is -0.463 e. The van der Waals surface area contributed by atoms with Crippen molar-refractivity contribution in [3.8, 4) is 0 Å². The van der Waals surface area contributed by atoms with Gasteiger partial charge in [-0.2, -0.15) is 4.39 Å². The first-order chi connectivity index (χ1) is 15.3. The summed E-state index contributed by atoms with van der Waals surface area (Å²) in [7, 11) is 0. The molecule has 0 aliphatic carbocycles. The van der Waals surface area contributed by atoms with Crippen molar-refractivity contribution in [2.45, 2.75) is 65.3 Å². The van der Waals surface area contributed by atoms with Crippen LogP contribution in [0.25, 0.3) is 0 Å². The number of halogens is 1. The van der Waals surface area contributed by atoms with Gasteiger partial charge in [-0.1, -0.05) is 0 Å². The van der Waals surface area contributed by atoms with E-state index < -0.39 is 83.9 Å². The van der Waals surface area contributed by atoms with Crippen LogP contribution in [0, 0.1) is 12.9 Å². The number of hydrogen-bond donors (Lipinski definition) is 1. The molecule has 0 spiro atoms. The average molecular weight is 474 g/mol. The van der Waals surface area contributed by atoms with Crippen molar-refractivity contribution in [1.29, 1.82) is 0 Å². The summed E-state index contributed by atoms with van der Waals surface area (Å²) in [6.45, 7) is 4.66. The van der Waals surface area contributed by atoms with Gasteiger partial charge in [-0.3, -0.25) is 29.0 Å². The fourth-order valence-corrected chi connectivity index (χ4v) is 3.26. The van der Waals surface area contributed by atoms with E-state index in [0.717, 1.165) is 34.6 Å². The summed E-state index contributed by atoms with van der Waals surface area (Å²) in [5.74, 6) is -4.74. The van der Waals surface area contributed by atoms with Crippen LogP contribution in [0.3, 0.4) is 0 Å². The number of carbonyl (C=O) groups excluding carboxylic acids is 4. The molecule has 2 rings (SSSR count). The number of aromatic nitrogens is 2. The molecule has 0 amide bonds. The first-order valence-corrected chi connectivity index (χ1v) is 9.64. The van der Waals surface area contributed by atoms with Gasteiger partial charge in [0.05, 0.1) is 5.56 Å². The maximum absolute atomic E-state index is 15.0. The SMILES string of the molecule is CC(=O)OC[C@@H]1O[C@H](n2c(F)c(C)c(=O)[nH]c2=O)[C@H](OC(C)=O)[C@H](OC(C)=O)[C@@H]1OC(C)=O. The molecule has 0 unspecified atom stereocenters. The van der Waals surface area contributed by atoms with Gasteiger partial charge < -0.3 is 23.7 Å². The van der Waals surface area contributed by atoms with Crippen molar-refractivity contribution >= 4 is 23.9 Å². The Morgan fingerprint density at radius 3 is 1.94 bits per heavy atom. The molecular weight excluding hydrogens is 451 g/mol. The van der Waals surface area contributed by atoms with E-state index in [-0.39, 0.29) is 0 Å². The van der Waals surface area contributed by atoms with E-state index in [0.29, 0.717) is 4.57 Å². The number of carbonyl (C=O) groups is 4. The molecule has 1 aromatic rings. The fourth-order valence-electron chi connectivity index (χ4n) is 3.26. The van der Waals surface area contributed by atoms with Crippen LogP contribution in [0.2, 0.25) is 0 Å². The van der Waals surface area contributed by atoms with Gasteiger partial charge in [-0.25, -0.2) is 9.36 Å². The minimum atomic E-state index is -1.81. The van der Waals surface area contributed by atoms with Crippen molar-refractivity contribution in [2.24, 2.45) is 0 Å². The van der Waals surface area contributed by atoms with Crippen LogP contribution >= 0.6 is 0 Å². The van der Waals surface area contributed by atoms with E-state index in [1.807, 2.05) is 4.98 Å². The van der Waals surface area contributed by atoms with Crippen LogP contribution in [-0.2, 0) is 42.9 Å². The molecule has 0 aromatic carbocycles. The number of aromatic amines is 1.